The summed E-state index contributed by atoms with van der Waals surface area (Å²) in [5.74, 6) is 0.217. The number of carbonyl (C=O) groups excluding carboxylic acids is 1. The lowest BCUT2D eigenvalue weighted by molar-refractivity contribution is 0.0956. The largest absolute Gasteiger partial charge is 0.467 e. The molecule has 1 heterocycles. The lowest BCUT2D eigenvalue weighted by atomic mass is 10.1. The van der Waals surface area contributed by atoms with Crippen molar-refractivity contribution in [2.24, 2.45) is 5.14 Å². The molecule has 7 nitrogen and oxygen atoms in total. The van der Waals surface area contributed by atoms with Gasteiger partial charge in [-0.05, 0) is 31.2 Å². The van der Waals surface area contributed by atoms with Gasteiger partial charge >= 0.3 is 0 Å². The van der Waals surface area contributed by atoms with Crippen molar-refractivity contribution in [2.45, 2.75) is 18.4 Å². The average Bonchev–Trinajstić information content (AvgIpc) is 2.97. The first-order valence-corrected chi connectivity index (χ1v) is 8.66. The van der Waals surface area contributed by atoms with Crippen LogP contribution >= 0.6 is 11.6 Å². The Morgan fingerprint density at radius 3 is 2.70 bits per heavy atom. The average molecular weight is 358 g/mol. The van der Waals surface area contributed by atoms with Crippen LogP contribution in [0.15, 0.2) is 39.8 Å². The normalized spacial score (nSPS) is 11.3. The van der Waals surface area contributed by atoms with Gasteiger partial charge in [0.05, 0.1) is 23.4 Å². The first-order valence-electron chi connectivity index (χ1n) is 6.73. The number of benzene rings is 1. The standard InChI is InChI=1S/C14H16ClN3O4S/c1-2-17-14(19)10-6-13(23(16,20)21)11(15)7-12(10)18-8-9-4-3-5-22-9/h3-7,18H,2,8H2,1H3,(H,17,19)(H2,16,20,21). The number of halogens is 1. The number of anilines is 1. The molecule has 0 spiro atoms. The highest BCUT2D eigenvalue weighted by molar-refractivity contribution is 7.89. The van der Waals surface area contributed by atoms with Crippen molar-refractivity contribution in [3.63, 3.8) is 0 Å². The number of amides is 1. The van der Waals surface area contributed by atoms with Crippen molar-refractivity contribution in [1.82, 2.24) is 5.32 Å². The van der Waals surface area contributed by atoms with Crippen LogP contribution < -0.4 is 15.8 Å². The molecule has 0 saturated carbocycles. The van der Waals surface area contributed by atoms with Crippen molar-refractivity contribution in [1.29, 1.82) is 0 Å². The lowest BCUT2D eigenvalue weighted by Gasteiger charge is -2.14. The fraction of sp³-hybridized carbons (Fsp3) is 0.214. The van der Waals surface area contributed by atoms with Gasteiger partial charge < -0.3 is 15.1 Å². The Morgan fingerprint density at radius 2 is 2.13 bits per heavy atom. The Balaban J connectivity index is 2.42. The molecule has 4 N–H and O–H groups in total. The Hall–Kier alpha value is -2.03. The zero-order valence-corrected chi connectivity index (χ0v) is 13.9. The van der Waals surface area contributed by atoms with Gasteiger partial charge in [0.15, 0.2) is 0 Å². The van der Waals surface area contributed by atoms with Gasteiger partial charge in [-0.2, -0.15) is 0 Å². The summed E-state index contributed by atoms with van der Waals surface area (Å²) >= 11 is 5.97. The Bertz CT molecular complexity index is 804. The molecule has 2 aromatic rings. The van der Waals surface area contributed by atoms with Crippen LogP contribution in [0.2, 0.25) is 5.02 Å². The smallest absolute Gasteiger partial charge is 0.253 e. The summed E-state index contributed by atoms with van der Waals surface area (Å²) in [4.78, 5) is 11.9. The van der Waals surface area contributed by atoms with Crippen LogP contribution in [-0.4, -0.2) is 20.9 Å². The molecule has 0 aliphatic heterocycles. The molecular formula is C14H16ClN3O4S. The van der Waals surface area contributed by atoms with Crippen molar-refractivity contribution >= 4 is 33.2 Å². The van der Waals surface area contributed by atoms with E-state index in [2.05, 4.69) is 10.6 Å². The van der Waals surface area contributed by atoms with Crippen molar-refractivity contribution < 1.29 is 17.6 Å². The van der Waals surface area contributed by atoms with Crippen LogP contribution in [0.25, 0.3) is 0 Å². The predicted molar refractivity (Wildman–Crippen MR) is 86.9 cm³/mol. The number of furan rings is 1. The molecule has 1 aromatic heterocycles. The number of nitrogens with one attached hydrogen (secondary N) is 2. The summed E-state index contributed by atoms with van der Waals surface area (Å²) in [7, 11) is -4.04. The second-order valence-corrected chi connectivity index (χ2v) is 6.60. The number of carbonyl (C=O) groups is 1. The number of sulfonamides is 1. The summed E-state index contributed by atoms with van der Waals surface area (Å²) in [5, 5.41) is 10.7. The van der Waals surface area contributed by atoms with Crippen LogP contribution in [0, 0.1) is 0 Å². The molecule has 0 aliphatic rings. The minimum absolute atomic E-state index is 0.0671. The quantitative estimate of drug-likeness (QED) is 0.730. The summed E-state index contributed by atoms with van der Waals surface area (Å²) in [6, 6.07) is 6.01. The van der Waals surface area contributed by atoms with Crippen LogP contribution in [0.5, 0.6) is 0 Å². The maximum Gasteiger partial charge on any atom is 0.253 e. The van der Waals surface area contributed by atoms with Gasteiger partial charge in [0.1, 0.15) is 10.7 Å². The molecule has 0 fully saturated rings. The van der Waals surface area contributed by atoms with E-state index in [1.165, 1.54) is 12.3 Å². The SMILES string of the molecule is CCNC(=O)c1cc(S(N)(=O)=O)c(Cl)cc1NCc1ccco1. The molecule has 0 saturated heterocycles. The van der Waals surface area contributed by atoms with Crippen LogP contribution in [-0.2, 0) is 16.6 Å². The molecule has 0 aliphatic carbocycles. The minimum Gasteiger partial charge on any atom is -0.467 e. The maximum atomic E-state index is 12.2. The van der Waals surface area contributed by atoms with E-state index < -0.39 is 15.9 Å². The van der Waals surface area contributed by atoms with Crippen LogP contribution in [0.1, 0.15) is 23.0 Å². The van der Waals surface area contributed by atoms with Gasteiger partial charge in [-0.15, -0.1) is 0 Å². The molecule has 0 atom stereocenters. The number of nitrogens with two attached hydrogens (primary N) is 1. The Kier molecular flexibility index (Phi) is 5.30. The van der Waals surface area contributed by atoms with E-state index in [1.807, 2.05) is 0 Å². The summed E-state index contributed by atoms with van der Waals surface area (Å²) in [6.45, 7) is 2.46. The molecule has 2 rings (SSSR count). The maximum absolute atomic E-state index is 12.2. The van der Waals surface area contributed by atoms with Gasteiger partial charge in [0, 0.05) is 12.2 Å². The number of hydrogen-bond acceptors (Lipinski definition) is 5. The van der Waals surface area contributed by atoms with Gasteiger partial charge in [-0.3, -0.25) is 4.79 Å². The third-order valence-electron chi connectivity index (χ3n) is 2.99. The highest BCUT2D eigenvalue weighted by Crippen LogP contribution is 2.28. The van der Waals surface area contributed by atoms with E-state index in [1.54, 1.807) is 19.1 Å². The number of hydrogen-bond donors (Lipinski definition) is 3. The molecule has 1 amide bonds. The Labute approximate surface area is 138 Å². The van der Waals surface area contributed by atoms with E-state index >= 15 is 0 Å². The lowest BCUT2D eigenvalue weighted by Crippen LogP contribution is -2.25. The second kappa shape index (κ2) is 7.03. The second-order valence-electron chi connectivity index (χ2n) is 4.67. The van der Waals surface area contributed by atoms with Crippen LogP contribution in [0.3, 0.4) is 0 Å². The zero-order valence-electron chi connectivity index (χ0n) is 12.3. The Morgan fingerprint density at radius 1 is 1.39 bits per heavy atom. The fourth-order valence-corrected chi connectivity index (χ4v) is 3.06. The van der Waals surface area contributed by atoms with Gasteiger partial charge in [-0.1, -0.05) is 11.6 Å². The predicted octanol–water partition coefficient (Wildman–Crippen LogP) is 1.94. The van der Waals surface area contributed by atoms with Gasteiger partial charge in [-0.25, -0.2) is 13.6 Å². The first-order chi connectivity index (χ1) is 10.8. The minimum atomic E-state index is -4.04. The third-order valence-corrected chi connectivity index (χ3v) is 4.37. The van der Waals surface area contributed by atoms with Crippen molar-refractivity contribution in [3.8, 4) is 0 Å². The van der Waals surface area contributed by atoms with Crippen LogP contribution in [0.4, 0.5) is 5.69 Å². The molecule has 23 heavy (non-hydrogen) atoms. The molecule has 124 valence electrons. The number of rotatable bonds is 6. The summed E-state index contributed by atoms with van der Waals surface area (Å²) in [6.07, 6.45) is 1.53. The number of primary sulfonamides is 1. The molecule has 9 heteroatoms. The van der Waals surface area contributed by atoms with E-state index in [4.69, 9.17) is 21.2 Å². The van der Waals surface area contributed by atoms with E-state index in [0.29, 0.717) is 24.5 Å². The van der Waals surface area contributed by atoms with Gasteiger partial charge in [0.2, 0.25) is 10.0 Å². The van der Waals surface area contributed by atoms with E-state index in [-0.39, 0.29) is 15.5 Å². The molecular weight excluding hydrogens is 342 g/mol. The summed E-state index contributed by atoms with van der Waals surface area (Å²) < 4.78 is 28.3. The summed E-state index contributed by atoms with van der Waals surface area (Å²) in [5.41, 5.74) is 0.511. The van der Waals surface area contributed by atoms with E-state index in [0.717, 1.165) is 6.07 Å². The fourth-order valence-electron chi connectivity index (χ4n) is 1.96. The molecule has 0 radical (unpaired) electrons. The molecule has 0 bridgehead atoms. The first kappa shape index (κ1) is 17.3. The topological polar surface area (TPSA) is 114 Å². The highest BCUT2D eigenvalue weighted by Gasteiger charge is 2.20. The van der Waals surface area contributed by atoms with Crippen molar-refractivity contribution in [3.05, 3.63) is 46.9 Å². The van der Waals surface area contributed by atoms with Crippen molar-refractivity contribution in [2.75, 3.05) is 11.9 Å². The van der Waals surface area contributed by atoms with E-state index in [9.17, 15) is 13.2 Å². The molecule has 1 aromatic carbocycles. The third kappa shape index (κ3) is 4.25. The highest BCUT2D eigenvalue weighted by atomic mass is 35.5. The monoisotopic (exact) mass is 357 g/mol. The van der Waals surface area contributed by atoms with Gasteiger partial charge in [0.25, 0.3) is 5.91 Å². The molecule has 0 unspecified atom stereocenters. The zero-order chi connectivity index (χ0) is 17.0.